The first-order valence-corrected chi connectivity index (χ1v) is 7.27. The maximum absolute atomic E-state index is 13.8. The van der Waals surface area contributed by atoms with Crippen LogP contribution >= 0.6 is 0 Å². The Balaban J connectivity index is 1.95. The molecule has 110 valence electrons. The lowest BCUT2D eigenvalue weighted by Gasteiger charge is -2.28. The summed E-state index contributed by atoms with van der Waals surface area (Å²) in [6, 6.07) is 6.65. The number of benzene rings is 1. The Labute approximate surface area is 120 Å². The largest absolute Gasteiger partial charge is 0.354 e. The standard InChI is InChI=1S/C16H23FN2O/c1-16(2,12-7-3-4-8-13(12)17)11-19-15(20)14-9-5-6-10-18-14/h3-4,7-8,14,18H,5-6,9-11H2,1-2H3,(H,19,20). The van der Waals surface area contributed by atoms with Crippen LogP contribution in [-0.2, 0) is 10.2 Å². The number of piperidine rings is 1. The third kappa shape index (κ3) is 3.57. The summed E-state index contributed by atoms with van der Waals surface area (Å²) in [5, 5.41) is 6.17. The van der Waals surface area contributed by atoms with Crippen molar-refractivity contribution >= 4 is 5.91 Å². The van der Waals surface area contributed by atoms with Gasteiger partial charge in [0.1, 0.15) is 5.82 Å². The predicted octanol–water partition coefficient (Wildman–Crippen LogP) is 2.36. The molecule has 1 unspecified atom stereocenters. The van der Waals surface area contributed by atoms with Crippen molar-refractivity contribution in [1.29, 1.82) is 0 Å². The summed E-state index contributed by atoms with van der Waals surface area (Å²) >= 11 is 0. The second-order valence-corrected chi connectivity index (χ2v) is 6.08. The second kappa shape index (κ2) is 6.35. The molecule has 1 fully saturated rings. The van der Waals surface area contributed by atoms with Gasteiger partial charge in [0.2, 0.25) is 5.91 Å². The zero-order valence-corrected chi connectivity index (χ0v) is 12.2. The maximum Gasteiger partial charge on any atom is 0.237 e. The van der Waals surface area contributed by atoms with Gasteiger partial charge >= 0.3 is 0 Å². The molecule has 0 spiro atoms. The molecule has 0 saturated carbocycles. The van der Waals surface area contributed by atoms with E-state index < -0.39 is 5.41 Å². The lowest BCUT2D eigenvalue weighted by Crippen LogP contribution is -2.49. The number of carbonyl (C=O) groups is 1. The molecular weight excluding hydrogens is 255 g/mol. The van der Waals surface area contributed by atoms with Crippen LogP contribution in [0.4, 0.5) is 4.39 Å². The summed E-state index contributed by atoms with van der Waals surface area (Å²) in [6.45, 7) is 5.22. The first-order valence-electron chi connectivity index (χ1n) is 7.27. The molecule has 20 heavy (non-hydrogen) atoms. The maximum atomic E-state index is 13.8. The van der Waals surface area contributed by atoms with Crippen molar-refractivity contribution in [1.82, 2.24) is 10.6 Å². The van der Waals surface area contributed by atoms with E-state index in [2.05, 4.69) is 10.6 Å². The average Bonchev–Trinajstić information content (AvgIpc) is 2.46. The van der Waals surface area contributed by atoms with Gasteiger partial charge in [-0.2, -0.15) is 0 Å². The van der Waals surface area contributed by atoms with Crippen molar-refractivity contribution in [2.75, 3.05) is 13.1 Å². The summed E-state index contributed by atoms with van der Waals surface area (Å²) in [5.41, 5.74) is 0.215. The summed E-state index contributed by atoms with van der Waals surface area (Å²) in [5.74, 6) is -0.198. The molecule has 1 aliphatic heterocycles. The minimum absolute atomic E-state index is 0.0223. The van der Waals surface area contributed by atoms with Crippen LogP contribution in [-0.4, -0.2) is 25.0 Å². The van der Waals surface area contributed by atoms with Gasteiger partial charge < -0.3 is 10.6 Å². The fourth-order valence-electron chi connectivity index (χ4n) is 2.61. The van der Waals surface area contributed by atoms with Crippen molar-refractivity contribution in [2.24, 2.45) is 0 Å². The van der Waals surface area contributed by atoms with E-state index >= 15 is 0 Å². The lowest BCUT2D eigenvalue weighted by atomic mass is 9.84. The van der Waals surface area contributed by atoms with Gasteiger partial charge in [-0.3, -0.25) is 4.79 Å². The van der Waals surface area contributed by atoms with Gasteiger partial charge in [0, 0.05) is 12.0 Å². The average molecular weight is 278 g/mol. The summed E-state index contributed by atoms with van der Waals surface area (Å²) in [6.07, 6.45) is 3.10. The summed E-state index contributed by atoms with van der Waals surface area (Å²) < 4.78 is 13.8. The highest BCUT2D eigenvalue weighted by Crippen LogP contribution is 2.24. The molecule has 1 aromatic carbocycles. The van der Waals surface area contributed by atoms with Crippen LogP contribution < -0.4 is 10.6 Å². The zero-order chi connectivity index (χ0) is 14.6. The van der Waals surface area contributed by atoms with Gasteiger partial charge in [-0.25, -0.2) is 4.39 Å². The summed E-state index contributed by atoms with van der Waals surface area (Å²) in [4.78, 5) is 12.1. The Bertz CT molecular complexity index is 467. The van der Waals surface area contributed by atoms with E-state index in [1.54, 1.807) is 12.1 Å². The van der Waals surface area contributed by atoms with Crippen LogP contribution in [0.15, 0.2) is 24.3 Å². The van der Waals surface area contributed by atoms with Gasteiger partial charge in [-0.05, 0) is 31.0 Å². The van der Waals surface area contributed by atoms with Crippen LogP contribution in [0.1, 0.15) is 38.7 Å². The van der Waals surface area contributed by atoms with E-state index in [0.29, 0.717) is 12.1 Å². The highest BCUT2D eigenvalue weighted by atomic mass is 19.1. The van der Waals surface area contributed by atoms with Gasteiger partial charge in [0.25, 0.3) is 0 Å². The molecule has 0 aliphatic carbocycles. The Morgan fingerprint density at radius 1 is 1.40 bits per heavy atom. The number of carbonyl (C=O) groups excluding carboxylic acids is 1. The Morgan fingerprint density at radius 3 is 2.80 bits per heavy atom. The van der Waals surface area contributed by atoms with Crippen molar-refractivity contribution < 1.29 is 9.18 Å². The lowest BCUT2D eigenvalue weighted by molar-refractivity contribution is -0.123. The minimum atomic E-state index is -0.421. The number of hydrogen-bond acceptors (Lipinski definition) is 2. The molecule has 2 N–H and O–H groups in total. The topological polar surface area (TPSA) is 41.1 Å². The number of rotatable bonds is 4. The molecule has 3 nitrogen and oxygen atoms in total. The first-order chi connectivity index (χ1) is 9.50. The third-order valence-electron chi connectivity index (χ3n) is 3.93. The number of hydrogen-bond donors (Lipinski definition) is 2. The molecule has 1 aliphatic rings. The molecule has 0 bridgehead atoms. The number of nitrogens with one attached hydrogen (secondary N) is 2. The second-order valence-electron chi connectivity index (χ2n) is 6.08. The molecule has 2 rings (SSSR count). The zero-order valence-electron chi connectivity index (χ0n) is 12.2. The monoisotopic (exact) mass is 278 g/mol. The van der Waals surface area contributed by atoms with Gasteiger partial charge in [-0.15, -0.1) is 0 Å². The fraction of sp³-hybridized carbons (Fsp3) is 0.562. The quantitative estimate of drug-likeness (QED) is 0.887. The van der Waals surface area contributed by atoms with Gasteiger partial charge in [0.05, 0.1) is 6.04 Å². The molecule has 1 aromatic rings. The van der Waals surface area contributed by atoms with Crippen LogP contribution in [0, 0.1) is 5.82 Å². The first kappa shape index (κ1) is 15.0. The number of amides is 1. The fourth-order valence-corrected chi connectivity index (χ4v) is 2.61. The van der Waals surface area contributed by atoms with Crippen LogP contribution in [0.25, 0.3) is 0 Å². The van der Waals surface area contributed by atoms with E-state index in [1.807, 2.05) is 19.9 Å². The predicted molar refractivity (Wildman–Crippen MR) is 78.1 cm³/mol. The van der Waals surface area contributed by atoms with Crippen LogP contribution in [0.2, 0.25) is 0 Å². The van der Waals surface area contributed by atoms with Crippen molar-refractivity contribution in [3.05, 3.63) is 35.6 Å². The van der Waals surface area contributed by atoms with E-state index in [4.69, 9.17) is 0 Å². The molecule has 1 saturated heterocycles. The highest BCUT2D eigenvalue weighted by molar-refractivity contribution is 5.81. The molecular formula is C16H23FN2O. The van der Waals surface area contributed by atoms with Crippen molar-refractivity contribution in [3.63, 3.8) is 0 Å². The molecule has 0 aromatic heterocycles. The van der Waals surface area contributed by atoms with Crippen molar-refractivity contribution in [3.8, 4) is 0 Å². The molecule has 1 heterocycles. The van der Waals surface area contributed by atoms with E-state index in [1.165, 1.54) is 6.07 Å². The van der Waals surface area contributed by atoms with Crippen LogP contribution in [0.5, 0.6) is 0 Å². The van der Waals surface area contributed by atoms with Gasteiger partial charge in [0.15, 0.2) is 0 Å². The Morgan fingerprint density at radius 2 is 2.15 bits per heavy atom. The van der Waals surface area contributed by atoms with E-state index in [-0.39, 0.29) is 17.8 Å². The number of halogens is 1. The van der Waals surface area contributed by atoms with Crippen molar-refractivity contribution in [2.45, 2.75) is 44.6 Å². The molecule has 1 atom stereocenters. The Kier molecular flexibility index (Phi) is 4.76. The van der Waals surface area contributed by atoms with E-state index in [9.17, 15) is 9.18 Å². The Hall–Kier alpha value is -1.42. The van der Waals surface area contributed by atoms with Gasteiger partial charge in [-0.1, -0.05) is 38.5 Å². The molecule has 0 radical (unpaired) electrons. The normalized spacial score (nSPS) is 19.6. The molecule has 1 amide bonds. The summed E-state index contributed by atoms with van der Waals surface area (Å²) in [7, 11) is 0. The highest BCUT2D eigenvalue weighted by Gasteiger charge is 2.27. The SMILES string of the molecule is CC(C)(CNC(=O)C1CCCCN1)c1ccccc1F. The smallest absolute Gasteiger partial charge is 0.237 e. The minimum Gasteiger partial charge on any atom is -0.354 e. The third-order valence-corrected chi connectivity index (χ3v) is 3.93. The molecule has 4 heteroatoms. The van der Waals surface area contributed by atoms with Crippen LogP contribution in [0.3, 0.4) is 0 Å². The van der Waals surface area contributed by atoms with E-state index in [0.717, 1.165) is 25.8 Å².